The summed E-state index contributed by atoms with van der Waals surface area (Å²) in [6, 6.07) is 15.2. The van der Waals surface area contributed by atoms with Crippen molar-refractivity contribution >= 4 is 12.1 Å². The number of hydrogen-bond acceptors (Lipinski definition) is 4. The number of nitrogens with zero attached hydrogens (tertiary/aromatic N) is 3. The van der Waals surface area contributed by atoms with Crippen molar-refractivity contribution in [2.24, 2.45) is 5.11 Å². The number of benzene rings is 2. The Balaban J connectivity index is 1.46. The first-order valence-electron chi connectivity index (χ1n) is 9.47. The highest BCUT2D eigenvalue weighted by atomic mass is 16.5. The molecule has 1 aliphatic rings. The highest BCUT2D eigenvalue weighted by molar-refractivity contribution is 5.79. The Morgan fingerprint density at radius 2 is 1.72 bits per heavy atom. The van der Waals surface area contributed by atoms with E-state index in [2.05, 4.69) is 39.6 Å². The first kappa shape index (κ1) is 20.2. The first-order chi connectivity index (χ1) is 14.1. The van der Waals surface area contributed by atoms with E-state index in [1.165, 1.54) is 11.1 Å². The van der Waals surface area contributed by atoms with E-state index in [4.69, 9.17) is 15.4 Å². The summed E-state index contributed by atoms with van der Waals surface area (Å²) in [6.45, 7) is 0.608. The average molecular weight is 394 g/mol. The molecule has 2 aromatic carbocycles. The molecular weight excluding hydrogens is 372 g/mol. The van der Waals surface area contributed by atoms with Crippen LogP contribution in [0.4, 0.5) is 4.79 Å². The lowest BCUT2D eigenvalue weighted by molar-refractivity contribution is -0.138. The lowest BCUT2D eigenvalue weighted by atomic mass is 9.98. The molecule has 0 heterocycles. The lowest BCUT2D eigenvalue weighted by Crippen LogP contribution is -2.27. The minimum atomic E-state index is -1.15. The van der Waals surface area contributed by atoms with Crippen molar-refractivity contribution in [1.29, 1.82) is 0 Å². The van der Waals surface area contributed by atoms with E-state index in [9.17, 15) is 9.59 Å². The number of unbranched alkanes of at least 4 members (excludes halogenated alkanes) is 1. The van der Waals surface area contributed by atoms with Crippen molar-refractivity contribution in [2.75, 3.05) is 13.2 Å². The molecular formula is C21H22N4O4. The minimum absolute atomic E-state index is 0.00770. The van der Waals surface area contributed by atoms with Gasteiger partial charge in [-0.15, -0.1) is 0 Å². The highest BCUT2D eigenvalue weighted by Gasteiger charge is 2.28. The maximum atomic E-state index is 12.0. The van der Waals surface area contributed by atoms with E-state index in [-0.39, 0.29) is 18.9 Å². The molecule has 2 N–H and O–H groups in total. The van der Waals surface area contributed by atoms with E-state index >= 15 is 0 Å². The summed E-state index contributed by atoms with van der Waals surface area (Å²) in [5.41, 5.74) is 13.0. The van der Waals surface area contributed by atoms with Crippen LogP contribution in [0, 0.1) is 0 Å². The zero-order valence-electron chi connectivity index (χ0n) is 15.8. The molecule has 0 saturated carbocycles. The Hall–Kier alpha value is -3.51. The van der Waals surface area contributed by atoms with Crippen molar-refractivity contribution in [3.8, 4) is 11.1 Å². The summed E-state index contributed by atoms with van der Waals surface area (Å²) in [6.07, 6.45) is 0.803. The fraction of sp³-hybridized carbons (Fsp3) is 0.333. The summed E-state index contributed by atoms with van der Waals surface area (Å²) < 4.78 is 5.43. The third kappa shape index (κ3) is 4.86. The minimum Gasteiger partial charge on any atom is -0.481 e. The Morgan fingerprint density at radius 3 is 2.31 bits per heavy atom. The van der Waals surface area contributed by atoms with Crippen LogP contribution in [-0.4, -0.2) is 36.4 Å². The molecule has 2 aromatic rings. The second kappa shape index (κ2) is 9.61. The van der Waals surface area contributed by atoms with E-state index in [0.717, 1.165) is 11.1 Å². The van der Waals surface area contributed by atoms with Gasteiger partial charge in [0.05, 0.1) is 0 Å². The lowest BCUT2D eigenvalue weighted by Gasteiger charge is -2.14. The van der Waals surface area contributed by atoms with Crippen molar-refractivity contribution in [3.63, 3.8) is 0 Å². The van der Waals surface area contributed by atoms with Gasteiger partial charge in [-0.25, -0.2) is 4.79 Å². The van der Waals surface area contributed by atoms with Crippen LogP contribution in [-0.2, 0) is 9.53 Å². The molecule has 0 aromatic heterocycles. The van der Waals surface area contributed by atoms with Crippen LogP contribution in [0.25, 0.3) is 21.6 Å². The third-order valence-electron chi connectivity index (χ3n) is 4.99. The molecule has 0 fully saturated rings. The number of amides is 1. The summed E-state index contributed by atoms with van der Waals surface area (Å²) in [7, 11) is 0. The number of aliphatic carboxylic acids is 1. The van der Waals surface area contributed by atoms with E-state index < -0.39 is 18.1 Å². The molecule has 8 heteroatoms. The fourth-order valence-electron chi connectivity index (χ4n) is 3.60. The van der Waals surface area contributed by atoms with Gasteiger partial charge < -0.3 is 15.2 Å². The van der Waals surface area contributed by atoms with E-state index in [0.29, 0.717) is 19.4 Å². The monoisotopic (exact) mass is 394 g/mol. The molecule has 1 amide bonds. The second-order valence-electron chi connectivity index (χ2n) is 6.81. The van der Waals surface area contributed by atoms with Crippen molar-refractivity contribution in [1.82, 2.24) is 5.32 Å². The molecule has 0 unspecified atom stereocenters. The molecule has 1 aliphatic carbocycles. The normalized spacial score (nSPS) is 13.0. The van der Waals surface area contributed by atoms with Gasteiger partial charge in [-0.1, -0.05) is 60.1 Å². The van der Waals surface area contributed by atoms with Gasteiger partial charge >= 0.3 is 12.1 Å². The van der Waals surface area contributed by atoms with Gasteiger partial charge in [0.25, 0.3) is 0 Å². The standard InChI is InChI=1S/C21H22N4O4/c22-25-24-19(20(26)27)11-5-6-12-23-21(28)29-13-18-16-9-3-1-7-14(16)15-8-2-4-10-17(15)18/h1-4,7-10,18-19H,5-6,11-13H2,(H,23,28)(H,26,27)/t19-/m1/s1. The highest BCUT2D eigenvalue weighted by Crippen LogP contribution is 2.44. The molecule has 0 bridgehead atoms. The van der Waals surface area contributed by atoms with Crippen LogP contribution >= 0.6 is 0 Å². The van der Waals surface area contributed by atoms with Gasteiger partial charge in [0.1, 0.15) is 12.6 Å². The number of ether oxygens (including phenoxy) is 1. The van der Waals surface area contributed by atoms with Crippen LogP contribution in [0.2, 0.25) is 0 Å². The zero-order valence-corrected chi connectivity index (χ0v) is 15.8. The predicted octanol–water partition coefficient (Wildman–Crippen LogP) is 4.46. The molecule has 8 nitrogen and oxygen atoms in total. The van der Waals surface area contributed by atoms with Crippen molar-refractivity contribution in [2.45, 2.75) is 31.2 Å². The number of alkyl carbamates (subject to hydrolysis) is 1. The van der Waals surface area contributed by atoms with Gasteiger partial charge in [-0.3, -0.25) is 4.79 Å². The van der Waals surface area contributed by atoms with Crippen LogP contribution in [0.15, 0.2) is 53.6 Å². The van der Waals surface area contributed by atoms with Gasteiger partial charge in [-0.2, -0.15) is 0 Å². The van der Waals surface area contributed by atoms with Gasteiger partial charge in [0.15, 0.2) is 0 Å². The van der Waals surface area contributed by atoms with Gasteiger partial charge in [-0.05, 0) is 40.6 Å². The molecule has 0 spiro atoms. The predicted molar refractivity (Wildman–Crippen MR) is 107 cm³/mol. The van der Waals surface area contributed by atoms with Crippen molar-refractivity contribution in [3.05, 3.63) is 70.1 Å². The van der Waals surface area contributed by atoms with Gasteiger partial charge in [0, 0.05) is 17.4 Å². The third-order valence-corrected chi connectivity index (χ3v) is 4.99. The number of carboxylic acids is 1. The largest absolute Gasteiger partial charge is 0.481 e. The quantitative estimate of drug-likeness (QED) is 0.282. The summed E-state index contributed by atoms with van der Waals surface area (Å²) in [4.78, 5) is 25.5. The number of carbonyl (C=O) groups excluding carboxylic acids is 1. The first-order valence-corrected chi connectivity index (χ1v) is 9.47. The number of hydrogen-bond donors (Lipinski definition) is 2. The number of nitrogens with one attached hydrogen (secondary N) is 1. The Bertz CT molecular complexity index is 892. The Labute approximate surface area is 168 Å². The second-order valence-corrected chi connectivity index (χ2v) is 6.81. The summed E-state index contributed by atoms with van der Waals surface area (Å²) in [5.74, 6) is -1.14. The topological polar surface area (TPSA) is 124 Å². The molecule has 1 atom stereocenters. The zero-order chi connectivity index (χ0) is 20.6. The molecule has 29 heavy (non-hydrogen) atoms. The number of carbonyl (C=O) groups is 2. The maximum Gasteiger partial charge on any atom is 0.407 e. The van der Waals surface area contributed by atoms with Crippen LogP contribution in [0.3, 0.4) is 0 Å². The van der Waals surface area contributed by atoms with Gasteiger partial charge in [0.2, 0.25) is 0 Å². The van der Waals surface area contributed by atoms with Crippen molar-refractivity contribution < 1.29 is 19.4 Å². The summed E-state index contributed by atoms with van der Waals surface area (Å²) in [5, 5.41) is 14.8. The molecule has 150 valence electrons. The SMILES string of the molecule is [N-]=[N+]=N[C@H](CCCCNC(=O)OCC1c2ccccc2-c2ccccc21)C(=O)O. The average Bonchev–Trinajstić information content (AvgIpc) is 3.05. The smallest absolute Gasteiger partial charge is 0.407 e. The van der Waals surface area contributed by atoms with E-state index in [1.807, 2.05) is 24.3 Å². The number of azide groups is 1. The molecule has 0 aliphatic heterocycles. The van der Waals surface area contributed by atoms with Crippen LogP contribution < -0.4 is 5.32 Å². The Morgan fingerprint density at radius 1 is 1.10 bits per heavy atom. The molecule has 3 rings (SSSR count). The van der Waals surface area contributed by atoms with E-state index in [1.54, 1.807) is 0 Å². The number of fused-ring (bicyclic) bond motifs is 3. The number of carboxylic acid groups (broad SMARTS) is 1. The fourth-order valence-corrected chi connectivity index (χ4v) is 3.60. The Kier molecular flexibility index (Phi) is 6.71. The maximum absolute atomic E-state index is 12.0. The van der Waals surface area contributed by atoms with Crippen LogP contribution in [0.5, 0.6) is 0 Å². The number of rotatable bonds is 9. The molecule has 0 radical (unpaired) electrons. The summed E-state index contributed by atoms with van der Waals surface area (Å²) >= 11 is 0. The van der Waals surface area contributed by atoms with Crippen LogP contribution in [0.1, 0.15) is 36.3 Å². The molecule has 0 saturated heterocycles.